The monoisotopic (exact) mass is 261 g/mol. The molecular weight excluding hydrogens is 238 g/mol. The predicted molar refractivity (Wildman–Crippen MR) is 77.2 cm³/mol. The van der Waals surface area contributed by atoms with E-state index in [1.165, 1.54) is 25.7 Å². The van der Waals surface area contributed by atoms with E-state index in [1.807, 2.05) is 12.1 Å². The van der Waals surface area contributed by atoms with Gasteiger partial charge in [-0.2, -0.15) is 4.98 Å². The summed E-state index contributed by atoms with van der Waals surface area (Å²) in [7, 11) is 0. The van der Waals surface area contributed by atoms with Gasteiger partial charge < -0.3 is 15.8 Å². The highest BCUT2D eigenvalue weighted by Crippen LogP contribution is 2.36. The predicted octanol–water partition coefficient (Wildman–Crippen LogP) is 2.91. The summed E-state index contributed by atoms with van der Waals surface area (Å²) in [6.07, 6.45) is 5.31. The van der Waals surface area contributed by atoms with Crippen LogP contribution in [-0.4, -0.2) is 18.1 Å². The molecule has 0 aromatic carbocycles. The van der Waals surface area contributed by atoms with E-state index in [4.69, 9.17) is 10.5 Å². The minimum atomic E-state index is 0.580. The second-order valence-corrected chi connectivity index (χ2v) is 6.04. The molecule has 0 saturated heterocycles. The van der Waals surface area contributed by atoms with Crippen LogP contribution >= 0.6 is 0 Å². The maximum Gasteiger partial charge on any atom is 0.239 e. The van der Waals surface area contributed by atoms with Crippen molar-refractivity contribution >= 4 is 11.5 Å². The summed E-state index contributed by atoms with van der Waals surface area (Å²) in [6, 6.07) is 3.80. The van der Waals surface area contributed by atoms with Crippen LogP contribution < -0.4 is 15.8 Å². The first-order chi connectivity index (χ1) is 9.22. The number of ether oxygens (including phenoxy) is 1. The Labute approximate surface area is 114 Å². The lowest BCUT2D eigenvalue weighted by Gasteiger charge is -2.13. The standard InChI is InChI=1S/C15H23N3O/c1-10(12-4-5-12)8-17-14-7-6-13(16)15(18-14)19-9-11-2-3-11/h6-7,10-12H,2-5,8-9,16H2,1H3,(H,17,18). The Hall–Kier alpha value is -1.45. The fraction of sp³-hybridized carbons (Fsp3) is 0.667. The lowest BCUT2D eigenvalue weighted by molar-refractivity contribution is 0.290. The number of rotatable bonds is 7. The van der Waals surface area contributed by atoms with Gasteiger partial charge >= 0.3 is 0 Å². The third kappa shape index (κ3) is 3.52. The van der Waals surface area contributed by atoms with Crippen molar-refractivity contribution in [3.8, 4) is 5.88 Å². The van der Waals surface area contributed by atoms with E-state index in [0.29, 0.717) is 17.5 Å². The molecule has 0 spiro atoms. The Kier molecular flexibility index (Phi) is 3.49. The van der Waals surface area contributed by atoms with Gasteiger partial charge in [-0.3, -0.25) is 0 Å². The summed E-state index contributed by atoms with van der Waals surface area (Å²) in [5, 5.41) is 3.39. The summed E-state index contributed by atoms with van der Waals surface area (Å²) in [5.41, 5.74) is 6.52. The molecule has 0 radical (unpaired) electrons. The lowest BCUT2D eigenvalue weighted by atomic mass is 10.1. The van der Waals surface area contributed by atoms with Gasteiger partial charge in [0.15, 0.2) is 0 Å². The number of nitrogens with zero attached hydrogens (tertiary/aromatic N) is 1. The fourth-order valence-electron chi connectivity index (χ4n) is 2.24. The van der Waals surface area contributed by atoms with Crippen molar-refractivity contribution in [3.05, 3.63) is 12.1 Å². The van der Waals surface area contributed by atoms with Gasteiger partial charge in [-0.05, 0) is 55.6 Å². The number of nitrogens with one attached hydrogen (secondary N) is 1. The first-order valence-corrected chi connectivity index (χ1v) is 7.35. The van der Waals surface area contributed by atoms with E-state index in [-0.39, 0.29) is 0 Å². The van der Waals surface area contributed by atoms with Crippen LogP contribution in [0.25, 0.3) is 0 Å². The Morgan fingerprint density at radius 1 is 1.37 bits per heavy atom. The van der Waals surface area contributed by atoms with E-state index in [9.17, 15) is 0 Å². The Morgan fingerprint density at radius 3 is 2.84 bits per heavy atom. The largest absolute Gasteiger partial charge is 0.476 e. The zero-order valence-electron chi connectivity index (χ0n) is 11.6. The lowest BCUT2D eigenvalue weighted by Crippen LogP contribution is -2.14. The molecule has 1 aromatic heterocycles. The van der Waals surface area contributed by atoms with Crippen molar-refractivity contribution in [1.29, 1.82) is 0 Å². The van der Waals surface area contributed by atoms with Crippen LogP contribution in [0.2, 0.25) is 0 Å². The Morgan fingerprint density at radius 2 is 2.16 bits per heavy atom. The topological polar surface area (TPSA) is 60.2 Å². The van der Waals surface area contributed by atoms with Crippen molar-refractivity contribution in [2.75, 3.05) is 24.2 Å². The molecule has 2 aliphatic carbocycles. The zero-order valence-corrected chi connectivity index (χ0v) is 11.6. The average Bonchev–Trinajstić information content (AvgIpc) is 3.29. The summed E-state index contributed by atoms with van der Waals surface area (Å²) in [6.45, 7) is 4.02. The molecular formula is C15H23N3O. The highest BCUT2D eigenvalue weighted by molar-refractivity contribution is 5.53. The van der Waals surface area contributed by atoms with Crippen LogP contribution in [0.1, 0.15) is 32.6 Å². The number of anilines is 2. The van der Waals surface area contributed by atoms with Gasteiger partial charge in [0.2, 0.25) is 5.88 Å². The van der Waals surface area contributed by atoms with Crippen LogP contribution in [0.15, 0.2) is 12.1 Å². The molecule has 0 amide bonds. The van der Waals surface area contributed by atoms with E-state index in [1.54, 1.807) is 0 Å². The highest BCUT2D eigenvalue weighted by atomic mass is 16.5. The number of hydrogen-bond donors (Lipinski definition) is 2. The normalized spacial score (nSPS) is 20.1. The van der Waals surface area contributed by atoms with Crippen LogP contribution in [0.3, 0.4) is 0 Å². The van der Waals surface area contributed by atoms with Gasteiger partial charge in [0.25, 0.3) is 0 Å². The summed E-state index contributed by atoms with van der Waals surface area (Å²) in [4.78, 5) is 4.47. The molecule has 2 saturated carbocycles. The minimum absolute atomic E-state index is 0.580. The van der Waals surface area contributed by atoms with E-state index in [2.05, 4.69) is 17.2 Å². The number of aromatic nitrogens is 1. The van der Waals surface area contributed by atoms with Gasteiger partial charge in [0.1, 0.15) is 5.82 Å². The quantitative estimate of drug-likeness (QED) is 0.792. The average molecular weight is 261 g/mol. The molecule has 1 heterocycles. The van der Waals surface area contributed by atoms with E-state index in [0.717, 1.165) is 30.8 Å². The van der Waals surface area contributed by atoms with Crippen molar-refractivity contribution in [1.82, 2.24) is 4.98 Å². The molecule has 1 aromatic rings. The van der Waals surface area contributed by atoms with Gasteiger partial charge in [0, 0.05) is 6.54 Å². The second kappa shape index (κ2) is 5.27. The molecule has 2 aliphatic rings. The van der Waals surface area contributed by atoms with Gasteiger partial charge in [-0.1, -0.05) is 6.92 Å². The van der Waals surface area contributed by atoms with Crippen molar-refractivity contribution in [3.63, 3.8) is 0 Å². The van der Waals surface area contributed by atoms with Crippen molar-refractivity contribution in [2.24, 2.45) is 17.8 Å². The summed E-state index contributed by atoms with van der Waals surface area (Å²) < 4.78 is 5.69. The third-order valence-corrected chi connectivity index (χ3v) is 4.07. The fourth-order valence-corrected chi connectivity index (χ4v) is 2.24. The smallest absolute Gasteiger partial charge is 0.239 e. The molecule has 2 fully saturated rings. The molecule has 104 valence electrons. The van der Waals surface area contributed by atoms with E-state index >= 15 is 0 Å². The molecule has 19 heavy (non-hydrogen) atoms. The minimum Gasteiger partial charge on any atom is -0.476 e. The maximum atomic E-state index is 5.89. The molecule has 1 unspecified atom stereocenters. The van der Waals surface area contributed by atoms with Gasteiger partial charge in [-0.25, -0.2) is 0 Å². The van der Waals surface area contributed by atoms with Crippen LogP contribution in [0.4, 0.5) is 11.5 Å². The van der Waals surface area contributed by atoms with Gasteiger partial charge in [-0.15, -0.1) is 0 Å². The first-order valence-electron chi connectivity index (χ1n) is 7.35. The Balaban J connectivity index is 1.55. The maximum absolute atomic E-state index is 5.89. The molecule has 3 N–H and O–H groups in total. The van der Waals surface area contributed by atoms with Crippen LogP contribution in [0, 0.1) is 17.8 Å². The van der Waals surface area contributed by atoms with Crippen LogP contribution in [-0.2, 0) is 0 Å². The molecule has 0 aliphatic heterocycles. The third-order valence-electron chi connectivity index (χ3n) is 4.07. The first kappa shape index (κ1) is 12.6. The number of hydrogen-bond acceptors (Lipinski definition) is 4. The van der Waals surface area contributed by atoms with E-state index < -0.39 is 0 Å². The number of nitrogens with two attached hydrogens (primary N) is 1. The molecule has 0 bridgehead atoms. The molecule has 1 atom stereocenters. The highest BCUT2D eigenvalue weighted by Gasteiger charge is 2.27. The number of nitrogen functional groups attached to an aromatic ring is 1. The summed E-state index contributed by atoms with van der Waals surface area (Å²) >= 11 is 0. The molecule has 4 heteroatoms. The zero-order chi connectivity index (χ0) is 13.2. The molecule has 4 nitrogen and oxygen atoms in total. The summed E-state index contributed by atoms with van der Waals surface area (Å²) in [5.74, 6) is 3.79. The van der Waals surface area contributed by atoms with Crippen molar-refractivity contribution in [2.45, 2.75) is 32.6 Å². The molecule has 3 rings (SSSR count). The SMILES string of the molecule is CC(CNc1ccc(N)c(OCC2CC2)n1)C1CC1. The number of pyridine rings is 1. The van der Waals surface area contributed by atoms with Crippen LogP contribution in [0.5, 0.6) is 5.88 Å². The van der Waals surface area contributed by atoms with Crippen molar-refractivity contribution < 1.29 is 4.74 Å². The second-order valence-electron chi connectivity index (χ2n) is 6.04. The van der Waals surface area contributed by atoms with Gasteiger partial charge in [0.05, 0.1) is 12.3 Å². The Bertz CT molecular complexity index is 441.